The molecule has 0 saturated heterocycles. The molecule has 0 saturated carbocycles. The second-order valence-corrected chi connectivity index (χ2v) is 4.12. The van der Waals surface area contributed by atoms with E-state index < -0.39 is 0 Å². The summed E-state index contributed by atoms with van der Waals surface area (Å²) in [5.74, 6) is 2.15. The lowest BCUT2D eigenvalue weighted by Crippen LogP contribution is -2.26. The maximum absolute atomic E-state index is 5.24. The van der Waals surface area contributed by atoms with E-state index in [1.807, 2.05) is 16.8 Å². The van der Waals surface area contributed by atoms with Crippen molar-refractivity contribution in [2.24, 2.45) is 0 Å². The highest BCUT2D eigenvalue weighted by Crippen LogP contribution is 2.26. The molecular weight excluding hydrogens is 216 g/mol. The third-order valence-electron chi connectivity index (χ3n) is 3.08. The summed E-state index contributed by atoms with van der Waals surface area (Å²) in [5.41, 5.74) is 1.26. The number of fused-ring (bicyclic) bond motifs is 1. The molecule has 1 unspecified atom stereocenters. The molecule has 88 valence electrons. The predicted octanol–water partition coefficient (Wildman–Crippen LogP) is 1.50. The fraction of sp³-hybridized carbons (Fsp3) is 0.333. The molecule has 1 N–H and O–H groups in total. The number of anilines is 1. The fourth-order valence-electron chi connectivity index (χ4n) is 2.14. The van der Waals surface area contributed by atoms with Crippen LogP contribution in [0.15, 0.2) is 30.6 Å². The molecule has 2 heterocycles. The number of rotatable bonds is 2. The Labute approximate surface area is 99.4 Å². The molecule has 2 aromatic rings. The molecule has 0 amide bonds. The standard InChI is InChI=1S/C12H14N4O/c1-17-11-4-2-3-9(5-11)10-6-13-12-14-8-15-16(12)7-10/h2-5,8,10H,6-7H2,1H3,(H,13,14,15). The van der Waals surface area contributed by atoms with Crippen molar-refractivity contribution in [1.82, 2.24) is 14.8 Å². The molecule has 5 heteroatoms. The summed E-state index contributed by atoms with van der Waals surface area (Å²) in [7, 11) is 1.69. The average molecular weight is 230 g/mol. The first-order valence-electron chi connectivity index (χ1n) is 5.62. The summed E-state index contributed by atoms with van der Waals surface area (Å²) >= 11 is 0. The number of benzene rings is 1. The largest absolute Gasteiger partial charge is 0.497 e. The first kappa shape index (κ1) is 10.1. The minimum absolute atomic E-state index is 0.402. The molecule has 3 rings (SSSR count). The van der Waals surface area contributed by atoms with Crippen LogP contribution in [-0.2, 0) is 6.54 Å². The maximum atomic E-state index is 5.24. The molecular formula is C12H14N4O. The van der Waals surface area contributed by atoms with Gasteiger partial charge in [0.15, 0.2) is 0 Å². The van der Waals surface area contributed by atoms with E-state index in [9.17, 15) is 0 Å². The lowest BCUT2D eigenvalue weighted by Gasteiger charge is -2.24. The highest BCUT2D eigenvalue weighted by molar-refractivity contribution is 5.35. The smallest absolute Gasteiger partial charge is 0.221 e. The van der Waals surface area contributed by atoms with E-state index >= 15 is 0 Å². The number of methoxy groups -OCH3 is 1. The summed E-state index contributed by atoms with van der Waals surface area (Å²) in [5, 5.41) is 7.46. The van der Waals surface area contributed by atoms with Gasteiger partial charge in [0.2, 0.25) is 5.95 Å². The normalized spacial score (nSPS) is 18.3. The third-order valence-corrected chi connectivity index (χ3v) is 3.08. The van der Waals surface area contributed by atoms with Crippen LogP contribution in [0.5, 0.6) is 5.75 Å². The van der Waals surface area contributed by atoms with Gasteiger partial charge in [-0.1, -0.05) is 12.1 Å². The zero-order valence-corrected chi connectivity index (χ0v) is 9.63. The van der Waals surface area contributed by atoms with Crippen molar-refractivity contribution in [2.45, 2.75) is 12.5 Å². The zero-order valence-electron chi connectivity index (χ0n) is 9.63. The SMILES string of the molecule is COc1cccc(C2CNc3ncnn3C2)c1. The molecule has 0 radical (unpaired) electrons. The van der Waals surface area contributed by atoms with E-state index in [0.717, 1.165) is 24.8 Å². The van der Waals surface area contributed by atoms with Gasteiger partial charge in [-0.05, 0) is 17.7 Å². The molecule has 5 nitrogen and oxygen atoms in total. The first-order chi connectivity index (χ1) is 8.36. The van der Waals surface area contributed by atoms with Gasteiger partial charge in [0.05, 0.1) is 13.7 Å². The van der Waals surface area contributed by atoms with Crippen LogP contribution in [0.2, 0.25) is 0 Å². The lowest BCUT2D eigenvalue weighted by molar-refractivity contribution is 0.412. The van der Waals surface area contributed by atoms with Crippen LogP contribution in [-0.4, -0.2) is 28.4 Å². The molecule has 1 aliphatic rings. The quantitative estimate of drug-likeness (QED) is 0.849. The molecule has 0 bridgehead atoms. The second-order valence-electron chi connectivity index (χ2n) is 4.12. The Morgan fingerprint density at radius 2 is 2.41 bits per heavy atom. The van der Waals surface area contributed by atoms with Crippen molar-refractivity contribution in [3.05, 3.63) is 36.2 Å². The second kappa shape index (κ2) is 4.08. The molecule has 1 aromatic carbocycles. The Morgan fingerprint density at radius 3 is 3.29 bits per heavy atom. The van der Waals surface area contributed by atoms with Crippen LogP contribution >= 0.6 is 0 Å². The number of ether oxygens (including phenoxy) is 1. The van der Waals surface area contributed by atoms with Crippen LogP contribution in [0.4, 0.5) is 5.95 Å². The van der Waals surface area contributed by atoms with Gasteiger partial charge in [0.1, 0.15) is 12.1 Å². The Balaban J connectivity index is 1.86. The van der Waals surface area contributed by atoms with Crippen molar-refractivity contribution >= 4 is 5.95 Å². The molecule has 0 aliphatic carbocycles. The van der Waals surface area contributed by atoms with E-state index in [2.05, 4.69) is 27.5 Å². The van der Waals surface area contributed by atoms with Crippen LogP contribution in [0, 0.1) is 0 Å². The summed E-state index contributed by atoms with van der Waals surface area (Å²) in [6.45, 7) is 1.74. The van der Waals surface area contributed by atoms with Crippen LogP contribution in [0.3, 0.4) is 0 Å². The minimum atomic E-state index is 0.402. The molecule has 1 aliphatic heterocycles. The Hall–Kier alpha value is -2.04. The van der Waals surface area contributed by atoms with Crippen molar-refractivity contribution in [3.63, 3.8) is 0 Å². The van der Waals surface area contributed by atoms with Gasteiger partial charge in [-0.3, -0.25) is 0 Å². The van der Waals surface area contributed by atoms with Gasteiger partial charge >= 0.3 is 0 Å². The highest BCUT2D eigenvalue weighted by atomic mass is 16.5. The lowest BCUT2D eigenvalue weighted by atomic mass is 9.98. The first-order valence-corrected chi connectivity index (χ1v) is 5.62. The van der Waals surface area contributed by atoms with Crippen LogP contribution in [0.1, 0.15) is 11.5 Å². The predicted molar refractivity (Wildman–Crippen MR) is 64.2 cm³/mol. The topological polar surface area (TPSA) is 52.0 Å². The number of nitrogens with one attached hydrogen (secondary N) is 1. The monoisotopic (exact) mass is 230 g/mol. The Bertz CT molecular complexity index is 523. The van der Waals surface area contributed by atoms with Crippen LogP contribution < -0.4 is 10.1 Å². The zero-order chi connectivity index (χ0) is 11.7. The molecule has 0 fully saturated rings. The average Bonchev–Trinajstić information content (AvgIpc) is 2.86. The van der Waals surface area contributed by atoms with Gasteiger partial charge in [-0.25, -0.2) is 4.68 Å². The summed E-state index contributed by atoms with van der Waals surface area (Å²) < 4.78 is 7.14. The van der Waals surface area contributed by atoms with Crippen molar-refractivity contribution < 1.29 is 4.74 Å². The van der Waals surface area contributed by atoms with Gasteiger partial charge in [0, 0.05) is 12.5 Å². The summed E-state index contributed by atoms with van der Waals surface area (Å²) in [6, 6.07) is 8.18. The van der Waals surface area contributed by atoms with E-state index in [1.165, 1.54) is 5.56 Å². The van der Waals surface area contributed by atoms with E-state index in [1.54, 1.807) is 13.4 Å². The third kappa shape index (κ3) is 1.84. The van der Waals surface area contributed by atoms with Gasteiger partial charge in [-0.2, -0.15) is 10.1 Å². The van der Waals surface area contributed by atoms with Crippen molar-refractivity contribution in [1.29, 1.82) is 0 Å². The van der Waals surface area contributed by atoms with Crippen LogP contribution in [0.25, 0.3) is 0 Å². The summed E-state index contributed by atoms with van der Waals surface area (Å²) in [4.78, 5) is 4.13. The number of hydrogen-bond donors (Lipinski definition) is 1. The summed E-state index contributed by atoms with van der Waals surface area (Å²) in [6.07, 6.45) is 1.58. The minimum Gasteiger partial charge on any atom is -0.497 e. The number of aromatic nitrogens is 3. The van der Waals surface area contributed by atoms with E-state index in [4.69, 9.17) is 4.74 Å². The number of hydrogen-bond acceptors (Lipinski definition) is 4. The molecule has 1 atom stereocenters. The van der Waals surface area contributed by atoms with Gasteiger partial charge < -0.3 is 10.1 Å². The van der Waals surface area contributed by atoms with Crippen molar-refractivity contribution in [3.8, 4) is 5.75 Å². The van der Waals surface area contributed by atoms with E-state index in [-0.39, 0.29) is 0 Å². The Morgan fingerprint density at radius 1 is 1.47 bits per heavy atom. The van der Waals surface area contributed by atoms with Crippen molar-refractivity contribution in [2.75, 3.05) is 19.0 Å². The highest BCUT2D eigenvalue weighted by Gasteiger charge is 2.20. The molecule has 0 spiro atoms. The van der Waals surface area contributed by atoms with Gasteiger partial charge in [0.25, 0.3) is 0 Å². The number of nitrogens with zero attached hydrogens (tertiary/aromatic N) is 3. The maximum Gasteiger partial charge on any atom is 0.221 e. The molecule has 17 heavy (non-hydrogen) atoms. The Kier molecular flexibility index (Phi) is 2.44. The van der Waals surface area contributed by atoms with Gasteiger partial charge in [-0.15, -0.1) is 0 Å². The fourth-order valence-corrected chi connectivity index (χ4v) is 2.14. The molecule has 1 aromatic heterocycles. The van der Waals surface area contributed by atoms with E-state index in [0.29, 0.717) is 5.92 Å².